The van der Waals surface area contributed by atoms with Crippen LogP contribution in [0.15, 0.2) is 71.9 Å². The first-order valence-corrected chi connectivity index (χ1v) is 12.4. The van der Waals surface area contributed by atoms with Gasteiger partial charge in [-0.1, -0.05) is 18.2 Å². The molecule has 0 aliphatic rings. The summed E-state index contributed by atoms with van der Waals surface area (Å²) in [6, 6.07) is 14.4. The summed E-state index contributed by atoms with van der Waals surface area (Å²) in [7, 11) is 3.15. The van der Waals surface area contributed by atoms with Crippen molar-refractivity contribution in [2.24, 2.45) is 0 Å². The van der Waals surface area contributed by atoms with Gasteiger partial charge in [0.25, 0.3) is 11.5 Å². The first kappa shape index (κ1) is 25.7. The molecule has 0 radical (unpaired) electrons. The number of aryl methyl sites for hydroxylation is 3. The number of aromatic nitrogens is 4. The molecule has 10 nitrogen and oxygen atoms in total. The van der Waals surface area contributed by atoms with Crippen molar-refractivity contribution < 1.29 is 14.3 Å². The normalized spacial score (nSPS) is 11.1. The van der Waals surface area contributed by atoms with Crippen molar-refractivity contribution >= 4 is 22.6 Å². The number of fused-ring (bicyclic) bond motifs is 2. The lowest BCUT2D eigenvalue weighted by Gasteiger charge is -2.16. The van der Waals surface area contributed by atoms with E-state index < -0.39 is 5.91 Å². The predicted molar refractivity (Wildman–Crippen MR) is 146 cm³/mol. The van der Waals surface area contributed by atoms with Crippen LogP contribution >= 0.6 is 0 Å². The zero-order valence-corrected chi connectivity index (χ0v) is 21.9. The maximum atomic E-state index is 13.6. The Morgan fingerprint density at radius 3 is 2.59 bits per heavy atom. The van der Waals surface area contributed by atoms with Crippen LogP contribution in [0.3, 0.4) is 0 Å². The van der Waals surface area contributed by atoms with Gasteiger partial charge in [-0.25, -0.2) is 4.98 Å². The molecule has 2 N–H and O–H groups in total. The van der Waals surface area contributed by atoms with Gasteiger partial charge in [0.1, 0.15) is 16.8 Å². The average Bonchev–Trinajstić information content (AvgIpc) is 2.96. The molecule has 5 rings (SSSR count). The molecule has 0 aliphatic carbocycles. The second-order valence-electron chi connectivity index (χ2n) is 9.08. The van der Waals surface area contributed by atoms with Crippen LogP contribution in [-0.4, -0.2) is 39.1 Å². The minimum atomic E-state index is -0.459. The van der Waals surface area contributed by atoms with E-state index >= 15 is 0 Å². The highest BCUT2D eigenvalue weighted by molar-refractivity contribution is 5.96. The Balaban J connectivity index is 1.61. The minimum absolute atomic E-state index is 0.0310. The summed E-state index contributed by atoms with van der Waals surface area (Å²) in [5, 5.41) is 12.1. The molecule has 0 unspecified atom stereocenters. The van der Waals surface area contributed by atoms with Crippen molar-refractivity contribution in [2.75, 3.05) is 14.2 Å². The molecule has 0 saturated carbocycles. The van der Waals surface area contributed by atoms with Crippen LogP contribution in [0.1, 0.15) is 27.0 Å². The van der Waals surface area contributed by atoms with Gasteiger partial charge in [0.15, 0.2) is 11.5 Å². The third-order valence-electron chi connectivity index (χ3n) is 6.63. The van der Waals surface area contributed by atoms with Crippen molar-refractivity contribution in [1.29, 1.82) is 5.41 Å². The van der Waals surface area contributed by atoms with Crippen LogP contribution in [0.25, 0.3) is 16.7 Å². The molecule has 198 valence electrons. The van der Waals surface area contributed by atoms with E-state index in [0.29, 0.717) is 35.8 Å². The summed E-state index contributed by atoms with van der Waals surface area (Å²) >= 11 is 0. The molecule has 0 aliphatic heterocycles. The summed E-state index contributed by atoms with van der Waals surface area (Å²) in [5.41, 5.74) is 3.19. The van der Waals surface area contributed by atoms with Crippen molar-refractivity contribution in [1.82, 2.24) is 24.3 Å². The quantitative estimate of drug-likeness (QED) is 0.301. The fraction of sp³-hybridized carbons (Fsp3) is 0.207. The number of carbonyl (C=O) groups excluding carboxylic acids is 1. The molecule has 0 spiro atoms. The summed E-state index contributed by atoms with van der Waals surface area (Å²) in [6.45, 7) is 2.43. The van der Waals surface area contributed by atoms with Crippen molar-refractivity contribution in [2.45, 2.75) is 26.4 Å². The predicted octanol–water partition coefficient (Wildman–Crippen LogP) is 3.02. The number of carbonyl (C=O) groups is 1. The number of hydrogen-bond donors (Lipinski definition) is 2. The van der Waals surface area contributed by atoms with E-state index in [1.165, 1.54) is 10.5 Å². The van der Waals surface area contributed by atoms with E-state index in [1.807, 2.05) is 37.3 Å². The molecular weight excluding hydrogens is 496 g/mol. The van der Waals surface area contributed by atoms with Crippen LogP contribution in [0.4, 0.5) is 0 Å². The molecule has 39 heavy (non-hydrogen) atoms. The van der Waals surface area contributed by atoms with Gasteiger partial charge >= 0.3 is 0 Å². The van der Waals surface area contributed by atoms with Crippen molar-refractivity contribution in [3.05, 3.63) is 105 Å². The molecule has 0 fully saturated rings. The van der Waals surface area contributed by atoms with E-state index in [0.717, 1.165) is 16.7 Å². The van der Waals surface area contributed by atoms with Gasteiger partial charge in [0.05, 0.1) is 25.2 Å². The number of methoxy groups -OCH3 is 2. The Morgan fingerprint density at radius 1 is 1.03 bits per heavy atom. The third kappa shape index (κ3) is 4.96. The molecule has 0 bridgehead atoms. The van der Waals surface area contributed by atoms with Gasteiger partial charge in [0.2, 0.25) is 0 Å². The molecule has 0 atom stereocenters. The van der Waals surface area contributed by atoms with Crippen LogP contribution in [0.5, 0.6) is 11.5 Å². The standard InChI is InChI=1S/C29H28N6O4/c1-18-6-5-12-35-26(18)33-27-22(29(35)37)15-21(28(36)32-17-20-7-4-11-31-16-20)25(30)34(27)13-10-19-8-9-23(38-2)24(14-19)39-3/h4-9,11-12,14-16,30H,10,13,17H2,1-3H3,(H,32,36). The van der Waals surface area contributed by atoms with Crippen LogP contribution in [0.2, 0.25) is 0 Å². The van der Waals surface area contributed by atoms with Gasteiger partial charge in [-0.15, -0.1) is 0 Å². The number of hydrogen-bond acceptors (Lipinski definition) is 7. The summed E-state index contributed by atoms with van der Waals surface area (Å²) in [4.78, 5) is 35.7. The van der Waals surface area contributed by atoms with Crippen molar-refractivity contribution in [3.8, 4) is 11.5 Å². The Hall–Kier alpha value is -4.99. The number of ether oxygens (including phenoxy) is 2. The number of amides is 1. The lowest BCUT2D eigenvalue weighted by Crippen LogP contribution is -2.35. The Morgan fingerprint density at radius 2 is 1.85 bits per heavy atom. The fourth-order valence-electron chi connectivity index (χ4n) is 4.54. The highest BCUT2D eigenvalue weighted by Crippen LogP contribution is 2.28. The van der Waals surface area contributed by atoms with Crippen LogP contribution in [-0.2, 0) is 19.5 Å². The molecule has 1 amide bonds. The van der Waals surface area contributed by atoms with E-state index in [-0.39, 0.29) is 28.5 Å². The van der Waals surface area contributed by atoms with Gasteiger partial charge in [0, 0.05) is 31.7 Å². The molecule has 4 heterocycles. The van der Waals surface area contributed by atoms with Crippen LogP contribution < -0.4 is 25.8 Å². The first-order chi connectivity index (χ1) is 18.9. The molecule has 5 aromatic rings. The fourth-order valence-corrected chi connectivity index (χ4v) is 4.54. The highest BCUT2D eigenvalue weighted by Gasteiger charge is 2.18. The number of rotatable bonds is 8. The summed E-state index contributed by atoms with van der Waals surface area (Å²) < 4.78 is 13.9. The number of pyridine rings is 3. The first-order valence-electron chi connectivity index (χ1n) is 12.4. The number of nitrogens with zero attached hydrogens (tertiary/aromatic N) is 4. The molecule has 4 aromatic heterocycles. The molecule has 0 saturated heterocycles. The average molecular weight is 525 g/mol. The largest absolute Gasteiger partial charge is 0.493 e. The topological polar surface area (TPSA) is 124 Å². The molecule has 10 heteroatoms. The number of nitrogens with one attached hydrogen (secondary N) is 2. The maximum absolute atomic E-state index is 13.6. The van der Waals surface area contributed by atoms with Crippen molar-refractivity contribution in [3.63, 3.8) is 0 Å². The Labute approximate surface area is 224 Å². The maximum Gasteiger partial charge on any atom is 0.267 e. The summed E-state index contributed by atoms with van der Waals surface area (Å²) in [6.07, 6.45) is 5.48. The van der Waals surface area contributed by atoms with E-state index in [4.69, 9.17) is 19.9 Å². The lowest BCUT2D eigenvalue weighted by molar-refractivity contribution is 0.0948. The second-order valence-corrected chi connectivity index (χ2v) is 9.08. The minimum Gasteiger partial charge on any atom is -0.493 e. The monoisotopic (exact) mass is 524 g/mol. The van der Waals surface area contributed by atoms with Gasteiger partial charge in [-0.3, -0.25) is 24.4 Å². The van der Waals surface area contributed by atoms with E-state index in [1.54, 1.807) is 49.5 Å². The second kappa shape index (κ2) is 10.8. The Bertz CT molecular complexity index is 1810. The highest BCUT2D eigenvalue weighted by atomic mass is 16.5. The van der Waals surface area contributed by atoms with E-state index in [2.05, 4.69) is 10.3 Å². The molecule has 1 aromatic carbocycles. The van der Waals surface area contributed by atoms with Gasteiger partial charge in [-0.2, -0.15) is 0 Å². The molecular formula is C29H28N6O4. The zero-order chi connectivity index (χ0) is 27.5. The third-order valence-corrected chi connectivity index (χ3v) is 6.63. The smallest absolute Gasteiger partial charge is 0.267 e. The Kier molecular flexibility index (Phi) is 7.09. The SMILES string of the molecule is COc1ccc(CCn2c(=N)c(C(=O)NCc3cccnc3)cc3c(=O)n4cccc(C)c4nc32)cc1OC. The lowest BCUT2D eigenvalue weighted by atomic mass is 10.1. The van der Waals surface area contributed by atoms with Gasteiger partial charge in [-0.05, 0) is 60.4 Å². The zero-order valence-electron chi connectivity index (χ0n) is 21.9. The van der Waals surface area contributed by atoms with Crippen LogP contribution in [0, 0.1) is 12.3 Å². The number of benzene rings is 1. The summed E-state index contributed by atoms with van der Waals surface area (Å²) in [5.74, 6) is 0.751. The van der Waals surface area contributed by atoms with E-state index in [9.17, 15) is 9.59 Å². The van der Waals surface area contributed by atoms with Gasteiger partial charge < -0.3 is 19.4 Å².